The fourth-order valence-corrected chi connectivity index (χ4v) is 2.19. The van der Waals surface area contributed by atoms with Crippen LogP contribution in [0.4, 0.5) is 8.78 Å². The number of halogens is 2. The number of aromatic nitrogens is 1. The number of amides is 1. The van der Waals surface area contributed by atoms with Gasteiger partial charge in [0.1, 0.15) is 5.69 Å². The molecule has 0 radical (unpaired) electrons. The van der Waals surface area contributed by atoms with Crippen LogP contribution in [0.15, 0.2) is 18.3 Å². The molecular formula is C13H16F2N2O4. The zero-order chi connectivity index (χ0) is 15.4. The maximum Gasteiger partial charge on any atom is 0.336 e. The van der Waals surface area contributed by atoms with Crippen molar-refractivity contribution < 1.29 is 27.8 Å². The molecule has 0 spiro atoms. The minimum Gasteiger partial charge on any atom is -0.467 e. The van der Waals surface area contributed by atoms with E-state index in [1.165, 1.54) is 34.9 Å². The predicted molar refractivity (Wildman–Crippen MR) is 68.1 cm³/mol. The Balaban J connectivity index is 2.09. The summed E-state index contributed by atoms with van der Waals surface area (Å²) >= 11 is 0. The standard InChI is InChI=1S/C13H16F2N2O4/c1-20-13(19)10-7-17(5-6-21-10)12(18)9-3-2-4-16(9)8-11(14)15/h2-4,10-11H,5-8H2,1H3. The first kappa shape index (κ1) is 15.4. The summed E-state index contributed by atoms with van der Waals surface area (Å²) in [4.78, 5) is 25.2. The van der Waals surface area contributed by atoms with Gasteiger partial charge in [0.25, 0.3) is 12.3 Å². The molecule has 0 aliphatic carbocycles. The van der Waals surface area contributed by atoms with Crippen LogP contribution in [0.1, 0.15) is 10.5 Å². The van der Waals surface area contributed by atoms with Crippen LogP contribution in [0.2, 0.25) is 0 Å². The molecule has 0 aromatic carbocycles. The van der Waals surface area contributed by atoms with Gasteiger partial charge < -0.3 is 18.9 Å². The van der Waals surface area contributed by atoms with Crippen LogP contribution in [0.5, 0.6) is 0 Å². The second-order valence-electron chi connectivity index (χ2n) is 4.57. The second kappa shape index (κ2) is 6.66. The van der Waals surface area contributed by atoms with Crippen molar-refractivity contribution in [1.29, 1.82) is 0 Å². The molecule has 0 saturated carbocycles. The number of ether oxygens (including phenoxy) is 2. The fraction of sp³-hybridized carbons (Fsp3) is 0.538. The summed E-state index contributed by atoms with van der Waals surface area (Å²) < 4.78 is 36.0. The van der Waals surface area contributed by atoms with Crippen molar-refractivity contribution in [1.82, 2.24) is 9.47 Å². The van der Waals surface area contributed by atoms with Gasteiger partial charge in [-0.05, 0) is 12.1 Å². The molecule has 1 saturated heterocycles. The lowest BCUT2D eigenvalue weighted by molar-refractivity contribution is -0.158. The number of methoxy groups -OCH3 is 1. The largest absolute Gasteiger partial charge is 0.467 e. The normalized spacial score (nSPS) is 18.9. The Kier molecular flexibility index (Phi) is 4.89. The van der Waals surface area contributed by atoms with Crippen LogP contribution in [-0.4, -0.2) is 60.7 Å². The van der Waals surface area contributed by atoms with E-state index in [2.05, 4.69) is 4.74 Å². The molecule has 1 fully saturated rings. The van der Waals surface area contributed by atoms with Crippen LogP contribution in [-0.2, 0) is 20.8 Å². The third kappa shape index (κ3) is 3.57. The smallest absolute Gasteiger partial charge is 0.336 e. The van der Waals surface area contributed by atoms with Crippen LogP contribution >= 0.6 is 0 Å². The summed E-state index contributed by atoms with van der Waals surface area (Å²) in [6.45, 7) is -0.00252. The second-order valence-corrected chi connectivity index (χ2v) is 4.57. The molecule has 1 unspecified atom stereocenters. The van der Waals surface area contributed by atoms with Gasteiger partial charge in [-0.2, -0.15) is 0 Å². The van der Waals surface area contributed by atoms with E-state index in [0.717, 1.165) is 0 Å². The minimum absolute atomic E-state index is 0.0470. The van der Waals surface area contributed by atoms with E-state index >= 15 is 0 Å². The summed E-state index contributed by atoms with van der Waals surface area (Å²) in [7, 11) is 1.24. The Bertz CT molecular complexity index is 518. The molecule has 116 valence electrons. The van der Waals surface area contributed by atoms with Gasteiger partial charge in [0.2, 0.25) is 0 Å². The number of hydrogen-bond acceptors (Lipinski definition) is 4. The lowest BCUT2D eigenvalue weighted by Gasteiger charge is -2.31. The molecule has 0 bridgehead atoms. The van der Waals surface area contributed by atoms with Gasteiger partial charge in [-0.15, -0.1) is 0 Å². The number of carbonyl (C=O) groups is 2. The number of alkyl halides is 2. The van der Waals surface area contributed by atoms with E-state index in [-0.39, 0.29) is 18.8 Å². The lowest BCUT2D eigenvalue weighted by atomic mass is 10.2. The molecule has 1 atom stereocenters. The van der Waals surface area contributed by atoms with Gasteiger partial charge in [-0.3, -0.25) is 4.79 Å². The maximum absolute atomic E-state index is 12.5. The molecule has 1 aliphatic heterocycles. The summed E-state index contributed by atoms with van der Waals surface area (Å²) in [6.07, 6.45) is -1.96. The number of esters is 1. The average molecular weight is 302 g/mol. The van der Waals surface area contributed by atoms with Gasteiger partial charge in [0, 0.05) is 12.7 Å². The van der Waals surface area contributed by atoms with Crippen molar-refractivity contribution in [2.24, 2.45) is 0 Å². The predicted octanol–water partition coefficient (Wildman–Crippen LogP) is 0.767. The highest BCUT2D eigenvalue weighted by Gasteiger charge is 2.31. The first-order valence-corrected chi connectivity index (χ1v) is 6.45. The van der Waals surface area contributed by atoms with E-state index in [1.807, 2.05) is 0 Å². The fourth-order valence-electron chi connectivity index (χ4n) is 2.19. The summed E-state index contributed by atoms with van der Waals surface area (Å²) in [6, 6.07) is 3.02. The molecule has 1 aromatic rings. The number of morpholine rings is 1. The quantitative estimate of drug-likeness (QED) is 0.771. The monoisotopic (exact) mass is 302 g/mol. The topological polar surface area (TPSA) is 60.8 Å². The van der Waals surface area contributed by atoms with Crippen molar-refractivity contribution in [3.05, 3.63) is 24.0 Å². The molecule has 6 nitrogen and oxygen atoms in total. The molecule has 1 aromatic heterocycles. The number of carbonyl (C=O) groups excluding carboxylic acids is 2. The third-order valence-corrected chi connectivity index (χ3v) is 3.20. The number of nitrogens with zero attached hydrogens (tertiary/aromatic N) is 2. The zero-order valence-corrected chi connectivity index (χ0v) is 11.5. The summed E-state index contributed by atoms with van der Waals surface area (Å²) in [5, 5.41) is 0. The van der Waals surface area contributed by atoms with E-state index in [0.29, 0.717) is 6.54 Å². The molecular weight excluding hydrogens is 286 g/mol. The highest BCUT2D eigenvalue weighted by atomic mass is 19.3. The van der Waals surface area contributed by atoms with Crippen LogP contribution in [0.3, 0.4) is 0 Å². The van der Waals surface area contributed by atoms with Gasteiger partial charge in [-0.1, -0.05) is 0 Å². The van der Waals surface area contributed by atoms with Crippen LogP contribution < -0.4 is 0 Å². The first-order chi connectivity index (χ1) is 10.0. The Hall–Kier alpha value is -1.96. The highest BCUT2D eigenvalue weighted by molar-refractivity contribution is 5.93. The van der Waals surface area contributed by atoms with E-state index in [4.69, 9.17) is 4.74 Å². The Morgan fingerprint density at radius 3 is 2.95 bits per heavy atom. The van der Waals surface area contributed by atoms with Crippen molar-refractivity contribution in [2.75, 3.05) is 26.8 Å². The third-order valence-electron chi connectivity index (χ3n) is 3.20. The van der Waals surface area contributed by atoms with Crippen LogP contribution in [0.25, 0.3) is 0 Å². The van der Waals surface area contributed by atoms with Gasteiger partial charge in [-0.25, -0.2) is 13.6 Å². The van der Waals surface area contributed by atoms with E-state index < -0.39 is 31.0 Å². The average Bonchev–Trinajstić information content (AvgIpc) is 2.93. The van der Waals surface area contributed by atoms with Crippen LogP contribution in [0, 0.1) is 0 Å². The number of rotatable bonds is 4. The first-order valence-electron chi connectivity index (χ1n) is 6.45. The van der Waals surface area contributed by atoms with Crippen molar-refractivity contribution in [2.45, 2.75) is 19.1 Å². The van der Waals surface area contributed by atoms with Gasteiger partial charge in [0.05, 0.1) is 26.8 Å². The Morgan fingerprint density at radius 2 is 2.29 bits per heavy atom. The van der Waals surface area contributed by atoms with Crippen molar-refractivity contribution in [3.8, 4) is 0 Å². The molecule has 2 heterocycles. The zero-order valence-electron chi connectivity index (χ0n) is 11.5. The minimum atomic E-state index is -2.54. The Morgan fingerprint density at radius 1 is 1.52 bits per heavy atom. The highest BCUT2D eigenvalue weighted by Crippen LogP contribution is 2.13. The van der Waals surface area contributed by atoms with Crippen molar-refractivity contribution in [3.63, 3.8) is 0 Å². The maximum atomic E-state index is 12.5. The molecule has 0 N–H and O–H groups in total. The molecule has 8 heteroatoms. The summed E-state index contributed by atoms with van der Waals surface area (Å²) in [5.74, 6) is -0.965. The molecule has 21 heavy (non-hydrogen) atoms. The van der Waals surface area contributed by atoms with Gasteiger partial charge >= 0.3 is 5.97 Å². The molecule has 1 amide bonds. The van der Waals surface area contributed by atoms with E-state index in [9.17, 15) is 18.4 Å². The summed E-state index contributed by atoms with van der Waals surface area (Å²) in [5.41, 5.74) is 0.167. The van der Waals surface area contributed by atoms with Crippen molar-refractivity contribution >= 4 is 11.9 Å². The molecule has 1 aliphatic rings. The van der Waals surface area contributed by atoms with E-state index in [1.54, 1.807) is 0 Å². The SMILES string of the molecule is COC(=O)C1CN(C(=O)c2cccn2CC(F)F)CCO1. The van der Waals surface area contributed by atoms with Gasteiger partial charge in [0.15, 0.2) is 6.10 Å². The Labute approximate surface area is 120 Å². The molecule has 2 rings (SSSR count). The lowest BCUT2D eigenvalue weighted by Crippen LogP contribution is -2.49. The number of hydrogen-bond donors (Lipinski definition) is 0.